The Labute approximate surface area is 132 Å². The van der Waals surface area contributed by atoms with Crippen LogP contribution in [-0.2, 0) is 9.31 Å². The second kappa shape index (κ2) is 5.59. The van der Waals surface area contributed by atoms with Crippen LogP contribution in [0.15, 0.2) is 12.1 Å². The maximum atomic E-state index is 12.1. The van der Waals surface area contributed by atoms with Crippen molar-refractivity contribution in [3.05, 3.63) is 23.3 Å². The lowest BCUT2D eigenvalue weighted by Gasteiger charge is -2.32. The number of aryl methyl sites for hydroxylation is 1. The molecule has 1 saturated heterocycles. The van der Waals surface area contributed by atoms with E-state index in [0.717, 1.165) is 11.0 Å². The number of benzene rings is 1. The maximum absolute atomic E-state index is 12.1. The van der Waals surface area contributed by atoms with Gasteiger partial charge in [-0.2, -0.15) is 0 Å². The summed E-state index contributed by atoms with van der Waals surface area (Å²) in [5.41, 5.74) is 7.85. The van der Waals surface area contributed by atoms with Crippen LogP contribution in [-0.4, -0.2) is 30.8 Å². The summed E-state index contributed by atoms with van der Waals surface area (Å²) < 4.78 is 12.1. The summed E-state index contributed by atoms with van der Waals surface area (Å²) in [5, 5.41) is 2.77. The zero-order valence-electron chi connectivity index (χ0n) is 14.2. The Hall–Kier alpha value is -1.53. The molecule has 1 aliphatic heterocycles. The number of nitrogens with one attached hydrogen (secondary N) is 1. The van der Waals surface area contributed by atoms with Gasteiger partial charge in [-0.15, -0.1) is 0 Å². The lowest BCUT2D eigenvalue weighted by molar-refractivity contribution is 0.00578. The number of anilines is 1. The first-order chi connectivity index (χ1) is 10.1. The van der Waals surface area contributed by atoms with Crippen LogP contribution < -0.4 is 16.5 Å². The minimum atomic E-state index is -0.501. The van der Waals surface area contributed by atoms with Crippen molar-refractivity contribution in [1.29, 1.82) is 0 Å². The van der Waals surface area contributed by atoms with Crippen LogP contribution in [0.2, 0.25) is 0 Å². The molecule has 1 heterocycles. The Kier molecular flexibility index (Phi) is 4.28. The third kappa shape index (κ3) is 2.85. The number of nitrogen functional groups attached to an aromatic ring is 1. The summed E-state index contributed by atoms with van der Waals surface area (Å²) in [5.74, 6) is -0.183. The number of amides is 1. The van der Waals surface area contributed by atoms with Gasteiger partial charge in [0.1, 0.15) is 0 Å². The Bertz CT molecular complexity index is 583. The molecule has 0 radical (unpaired) electrons. The van der Waals surface area contributed by atoms with E-state index in [0.29, 0.717) is 17.8 Å². The third-order valence-corrected chi connectivity index (χ3v) is 4.53. The summed E-state index contributed by atoms with van der Waals surface area (Å²) >= 11 is 0. The second-order valence-electron chi connectivity index (χ2n) is 6.74. The van der Waals surface area contributed by atoms with E-state index in [9.17, 15) is 4.79 Å². The molecular formula is C16H25BN2O3. The van der Waals surface area contributed by atoms with Crippen LogP contribution >= 0.6 is 0 Å². The van der Waals surface area contributed by atoms with E-state index in [2.05, 4.69) is 5.32 Å². The van der Waals surface area contributed by atoms with E-state index < -0.39 is 18.3 Å². The van der Waals surface area contributed by atoms with Gasteiger partial charge in [0, 0.05) is 12.2 Å². The van der Waals surface area contributed by atoms with Crippen molar-refractivity contribution in [2.45, 2.75) is 52.7 Å². The molecule has 1 aliphatic rings. The van der Waals surface area contributed by atoms with Crippen molar-refractivity contribution >= 4 is 24.2 Å². The molecule has 0 aliphatic carbocycles. The van der Waals surface area contributed by atoms with Crippen LogP contribution in [0.25, 0.3) is 0 Å². The lowest BCUT2D eigenvalue weighted by Crippen LogP contribution is -2.41. The number of carbonyl (C=O) groups is 1. The SMILES string of the molecule is CCNC(=O)c1cc(B2OC(C)(C)C(C)(C)O2)c(C)cc1N. The number of hydrogen-bond donors (Lipinski definition) is 2. The van der Waals surface area contributed by atoms with Gasteiger partial charge in [0.25, 0.3) is 5.91 Å². The molecule has 5 nitrogen and oxygen atoms in total. The fourth-order valence-electron chi connectivity index (χ4n) is 2.42. The van der Waals surface area contributed by atoms with Crippen molar-refractivity contribution < 1.29 is 14.1 Å². The van der Waals surface area contributed by atoms with E-state index in [1.807, 2.05) is 41.5 Å². The zero-order valence-corrected chi connectivity index (χ0v) is 14.2. The second-order valence-corrected chi connectivity index (χ2v) is 6.74. The first-order valence-electron chi connectivity index (χ1n) is 7.63. The molecule has 0 unspecified atom stereocenters. The number of rotatable bonds is 3. The highest BCUT2D eigenvalue weighted by Gasteiger charge is 2.52. The fourth-order valence-corrected chi connectivity index (χ4v) is 2.42. The number of nitrogens with two attached hydrogens (primary N) is 1. The number of carbonyl (C=O) groups excluding carboxylic acids is 1. The summed E-state index contributed by atoms with van der Waals surface area (Å²) in [6, 6.07) is 3.57. The van der Waals surface area contributed by atoms with Gasteiger partial charge in [0.15, 0.2) is 0 Å². The highest BCUT2D eigenvalue weighted by Crippen LogP contribution is 2.36. The lowest BCUT2D eigenvalue weighted by atomic mass is 9.75. The fraction of sp³-hybridized carbons (Fsp3) is 0.562. The predicted octanol–water partition coefficient (Wildman–Crippen LogP) is 1.63. The van der Waals surface area contributed by atoms with Crippen LogP contribution in [0.1, 0.15) is 50.5 Å². The molecule has 0 saturated carbocycles. The Morgan fingerprint density at radius 3 is 2.27 bits per heavy atom. The Balaban J connectivity index is 2.41. The molecule has 0 atom stereocenters. The van der Waals surface area contributed by atoms with Crippen molar-refractivity contribution in [2.75, 3.05) is 12.3 Å². The average molecular weight is 304 g/mol. The number of hydrogen-bond acceptors (Lipinski definition) is 4. The Morgan fingerprint density at radius 1 is 1.23 bits per heavy atom. The maximum Gasteiger partial charge on any atom is 0.495 e. The average Bonchev–Trinajstić information content (AvgIpc) is 2.58. The zero-order chi connectivity index (χ0) is 16.7. The van der Waals surface area contributed by atoms with Gasteiger partial charge in [0.2, 0.25) is 0 Å². The van der Waals surface area contributed by atoms with Crippen LogP contribution in [0.3, 0.4) is 0 Å². The van der Waals surface area contributed by atoms with Crippen molar-refractivity contribution in [3.8, 4) is 0 Å². The van der Waals surface area contributed by atoms with Crippen LogP contribution in [0, 0.1) is 6.92 Å². The highest BCUT2D eigenvalue weighted by atomic mass is 16.7. The molecule has 1 aromatic rings. The molecular weight excluding hydrogens is 279 g/mol. The van der Waals surface area contributed by atoms with Gasteiger partial charge < -0.3 is 20.4 Å². The Morgan fingerprint density at radius 2 is 1.77 bits per heavy atom. The molecule has 3 N–H and O–H groups in total. The van der Waals surface area contributed by atoms with Gasteiger partial charge >= 0.3 is 7.12 Å². The summed E-state index contributed by atoms with van der Waals surface area (Å²) in [7, 11) is -0.501. The normalized spacial score (nSPS) is 19.3. The molecule has 2 rings (SSSR count). The molecule has 22 heavy (non-hydrogen) atoms. The predicted molar refractivity (Wildman–Crippen MR) is 89.3 cm³/mol. The van der Waals surface area contributed by atoms with Crippen LogP contribution in [0.4, 0.5) is 5.69 Å². The first kappa shape index (κ1) is 16.8. The van der Waals surface area contributed by atoms with E-state index in [1.54, 1.807) is 12.1 Å². The first-order valence-corrected chi connectivity index (χ1v) is 7.63. The summed E-state index contributed by atoms with van der Waals surface area (Å²) in [6.45, 7) is 12.4. The van der Waals surface area contributed by atoms with Crippen molar-refractivity contribution in [3.63, 3.8) is 0 Å². The third-order valence-electron chi connectivity index (χ3n) is 4.53. The molecule has 0 bridgehead atoms. The van der Waals surface area contributed by atoms with Gasteiger partial charge in [0.05, 0.1) is 16.8 Å². The molecule has 1 aromatic carbocycles. The van der Waals surface area contributed by atoms with Gasteiger partial charge in [-0.1, -0.05) is 0 Å². The largest absolute Gasteiger partial charge is 0.495 e. The van der Waals surface area contributed by atoms with E-state index >= 15 is 0 Å². The minimum Gasteiger partial charge on any atom is -0.399 e. The highest BCUT2D eigenvalue weighted by molar-refractivity contribution is 6.62. The molecule has 120 valence electrons. The topological polar surface area (TPSA) is 73.6 Å². The smallest absolute Gasteiger partial charge is 0.399 e. The van der Waals surface area contributed by atoms with Gasteiger partial charge in [-0.25, -0.2) is 0 Å². The molecule has 0 aromatic heterocycles. The van der Waals surface area contributed by atoms with E-state index in [1.165, 1.54) is 0 Å². The molecule has 1 amide bonds. The monoisotopic (exact) mass is 304 g/mol. The van der Waals surface area contributed by atoms with Crippen molar-refractivity contribution in [2.24, 2.45) is 0 Å². The van der Waals surface area contributed by atoms with Gasteiger partial charge in [-0.05, 0) is 64.7 Å². The quantitative estimate of drug-likeness (QED) is 0.657. The van der Waals surface area contributed by atoms with E-state index in [4.69, 9.17) is 15.0 Å². The van der Waals surface area contributed by atoms with Crippen LogP contribution in [0.5, 0.6) is 0 Å². The minimum absolute atomic E-state index is 0.183. The summed E-state index contributed by atoms with van der Waals surface area (Å²) in [4.78, 5) is 12.1. The van der Waals surface area contributed by atoms with Gasteiger partial charge in [-0.3, -0.25) is 4.79 Å². The molecule has 6 heteroatoms. The van der Waals surface area contributed by atoms with Crippen molar-refractivity contribution in [1.82, 2.24) is 5.32 Å². The van der Waals surface area contributed by atoms with E-state index in [-0.39, 0.29) is 5.91 Å². The molecule has 0 spiro atoms. The standard InChI is InChI=1S/C16H25BN2O3/c1-7-19-14(20)11-9-12(10(2)8-13(11)18)17-21-15(3,4)16(5,6)22-17/h8-9H,7,18H2,1-6H3,(H,19,20). The molecule has 1 fully saturated rings. The summed E-state index contributed by atoms with van der Waals surface area (Å²) in [6.07, 6.45) is 0.